The number of nitrogens with one attached hydrogen (secondary N) is 2. The van der Waals surface area contributed by atoms with Gasteiger partial charge in [-0.2, -0.15) is 0 Å². The molecule has 1 aromatic heterocycles. The summed E-state index contributed by atoms with van der Waals surface area (Å²) >= 11 is 0. The number of benzene rings is 1. The minimum Gasteiger partial charge on any atom is -0.483 e. The summed E-state index contributed by atoms with van der Waals surface area (Å²) in [5.41, 5.74) is 6.34. The van der Waals surface area contributed by atoms with Crippen molar-refractivity contribution in [3.63, 3.8) is 0 Å². The number of para-hydroxylation sites is 2. The van der Waals surface area contributed by atoms with Gasteiger partial charge in [0.05, 0.1) is 0 Å². The fourth-order valence-electron chi connectivity index (χ4n) is 1.75. The zero-order chi connectivity index (χ0) is 13.8. The second-order valence-electron chi connectivity index (χ2n) is 4.11. The molecule has 1 aliphatic heterocycles. The van der Waals surface area contributed by atoms with E-state index in [1.807, 2.05) is 24.3 Å². The van der Waals surface area contributed by atoms with Gasteiger partial charge in [0.25, 0.3) is 5.91 Å². The van der Waals surface area contributed by atoms with Crippen LogP contribution in [0.15, 0.2) is 53.7 Å². The summed E-state index contributed by atoms with van der Waals surface area (Å²) in [5, 5.41) is 0. The van der Waals surface area contributed by atoms with Crippen LogP contribution in [-0.4, -0.2) is 23.3 Å². The molecule has 0 saturated carbocycles. The molecule has 2 N–H and O–H groups in total. The minimum atomic E-state index is -0.327. The molecule has 0 radical (unpaired) electrons. The fourth-order valence-corrected chi connectivity index (χ4v) is 1.75. The third-order valence-corrected chi connectivity index (χ3v) is 2.70. The van der Waals surface area contributed by atoms with E-state index in [-0.39, 0.29) is 12.5 Å². The highest BCUT2D eigenvalue weighted by Gasteiger charge is 2.13. The number of hydrogen-bond acceptors (Lipinski definition) is 5. The summed E-state index contributed by atoms with van der Waals surface area (Å²) < 4.78 is 5.51. The molecule has 1 aliphatic rings. The number of carbonyl (C=O) groups is 1. The Morgan fingerprint density at radius 1 is 1.15 bits per heavy atom. The van der Waals surface area contributed by atoms with Gasteiger partial charge in [-0.3, -0.25) is 20.6 Å². The van der Waals surface area contributed by atoms with Crippen LogP contribution in [0.2, 0.25) is 0 Å². The van der Waals surface area contributed by atoms with Crippen molar-refractivity contribution in [3.05, 3.63) is 54.4 Å². The molecule has 1 aromatic carbocycles. The number of nitrogens with zero attached hydrogens (tertiary/aromatic N) is 2. The predicted octanol–water partition coefficient (Wildman–Crippen LogP) is 1.44. The van der Waals surface area contributed by atoms with E-state index in [4.69, 9.17) is 4.74 Å². The molecular formula is C14H12N4O2. The van der Waals surface area contributed by atoms with Crippen LogP contribution in [0.4, 0.5) is 5.69 Å². The Balaban J connectivity index is 1.65. The summed E-state index contributed by atoms with van der Waals surface area (Å²) in [4.78, 5) is 20.1. The van der Waals surface area contributed by atoms with E-state index in [2.05, 4.69) is 20.8 Å². The van der Waals surface area contributed by atoms with Crippen LogP contribution < -0.4 is 15.6 Å². The van der Waals surface area contributed by atoms with Gasteiger partial charge >= 0.3 is 0 Å². The summed E-state index contributed by atoms with van der Waals surface area (Å²) in [6.07, 6.45) is 1.56. The molecule has 3 rings (SSSR count). The zero-order valence-electron chi connectivity index (χ0n) is 10.5. The Morgan fingerprint density at radius 2 is 2.00 bits per heavy atom. The first kappa shape index (κ1) is 12.2. The zero-order valence-corrected chi connectivity index (χ0v) is 10.5. The number of amidine groups is 1. The van der Waals surface area contributed by atoms with Crippen molar-refractivity contribution in [2.24, 2.45) is 4.99 Å². The number of hydrazine groups is 1. The molecule has 1 amide bonds. The lowest BCUT2D eigenvalue weighted by Gasteiger charge is -2.17. The Labute approximate surface area is 115 Å². The summed E-state index contributed by atoms with van der Waals surface area (Å²) in [6.45, 7) is 0.277. The van der Waals surface area contributed by atoms with Crippen LogP contribution in [0.3, 0.4) is 0 Å². The van der Waals surface area contributed by atoms with Gasteiger partial charge in [-0.25, -0.2) is 4.99 Å². The topological polar surface area (TPSA) is 75.6 Å². The minimum absolute atomic E-state index is 0.277. The standard InChI is InChI=1S/C14H12N4O2/c19-14(11-6-3-4-8-15-11)18-17-13-9-20-12-7-2-1-5-10(12)16-13/h1-8H,9H2,(H,16,17)(H,18,19). The maximum Gasteiger partial charge on any atom is 0.288 e. The van der Waals surface area contributed by atoms with Gasteiger partial charge in [0.2, 0.25) is 0 Å². The second-order valence-corrected chi connectivity index (χ2v) is 4.11. The molecule has 0 bridgehead atoms. The van der Waals surface area contributed by atoms with Crippen molar-refractivity contribution >= 4 is 17.4 Å². The van der Waals surface area contributed by atoms with Crippen LogP contribution in [0.1, 0.15) is 10.5 Å². The van der Waals surface area contributed by atoms with Crippen molar-refractivity contribution in [3.8, 4) is 5.75 Å². The van der Waals surface area contributed by atoms with Crippen LogP contribution in [0.5, 0.6) is 5.75 Å². The van der Waals surface area contributed by atoms with Crippen LogP contribution >= 0.6 is 0 Å². The average molecular weight is 268 g/mol. The van der Waals surface area contributed by atoms with Crippen molar-refractivity contribution in [2.75, 3.05) is 6.61 Å². The molecule has 6 nitrogen and oxygen atoms in total. The van der Waals surface area contributed by atoms with Crippen molar-refractivity contribution in [2.45, 2.75) is 0 Å². The van der Waals surface area contributed by atoms with E-state index >= 15 is 0 Å². The van der Waals surface area contributed by atoms with Gasteiger partial charge in [0, 0.05) is 6.20 Å². The van der Waals surface area contributed by atoms with Gasteiger partial charge < -0.3 is 4.74 Å². The highest BCUT2D eigenvalue weighted by atomic mass is 16.5. The summed E-state index contributed by atoms with van der Waals surface area (Å²) in [6, 6.07) is 12.6. The van der Waals surface area contributed by atoms with Gasteiger partial charge in [-0.05, 0) is 24.3 Å². The van der Waals surface area contributed by atoms with Gasteiger partial charge in [-0.1, -0.05) is 18.2 Å². The number of rotatable bonds is 1. The van der Waals surface area contributed by atoms with E-state index < -0.39 is 0 Å². The fraction of sp³-hybridized carbons (Fsp3) is 0.0714. The van der Waals surface area contributed by atoms with E-state index in [0.29, 0.717) is 11.5 Å². The van der Waals surface area contributed by atoms with Gasteiger partial charge in [0.1, 0.15) is 23.7 Å². The number of amides is 1. The molecular weight excluding hydrogens is 256 g/mol. The van der Waals surface area contributed by atoms with Crippen LogP contribution in [0, 0.1) is 0 Å². The smallest absolute Gasteiger partial charge is 0.288 e. The van der Waals surface area contributed by atoms with Crippen molar-refractivity contribution < 1.29 is 9.53 Å². The molecule has 0 spiro atoms. The van der Waals surface area contributed by atoms with Crippen molar-refractivity contribution in [1.29, 1.82) is 0 Å². The van der Waals surface area contributed by atoms with Crippen LogP contribution in [-0.2, 0) is 0 Å². The SMILES string of the molecule is O=C(NNC1=Nc2ccccc2OC1)c1ccccn1. The first-order chi connectivity index (χ1) is 9.83. The lowest BCUT2D eigenvalue weighted by atomic mass is 10.3. The quantitative estimate of drug-likeness (QED) is 0.767. The van der Waals surface area contributed by atoms with Gasteiger partial charge in [-0.15, -0.1) is 0 Å². The monoisotopic (exact) mass is 268 g/mol. The Bertz CT molecular complexity index is 655. The second kappa shape index (κ2) is 5.40. The largest absolute Gasteiger partial charge is 0.483 e. The lowest BCUT2D eigenvalue weighted by Crippen LogP contribution is -2.44. The lowest BCUT2D eigenvalue weighted by molar-refractivity contribution is 0.0938. The molecule has 0 fully saturated rings. The highest BCUT2D eigenvalue weighted by molar-refractivity contribution is 5.95. The summed E-state index contributed by atoms with van der Waals surface area (Å²) in [7, 11) is 0. The third-order valence-electron chi connectivity index (χ3n) is 2.70. The molecule has 6 heteroatoms. The van der Waals surface area contributed by atoms with E-state index in [9.17, 15) is 4.79 Å². The predicted molar refractivity (Wildman–Crippen MR) is 73.9 cm³/mol. The Hall–Kier alpha value is -2.89. The highest BCUT2D eigenvalue weighted by Crippen LogP contribution is 2.29. The van der Waals surface area contributed by atoms with Gasteiger partial charge in [0.15, 0.2) is 5.84 Å². The number of pyridine rings is 1. The molecule has 20 heavy (non-hydrogen) atoms. The maximum absolute atomic E-state index is 11.8. The van der Waals surface area contributed by atoms with E-state index in [1.165, 1.54) is 0 Å². The normalized spacial score (nSPS) is 12.7. The maximum atomic E-state index is 11.8. The van der Waals surface area contributed by atoms with Crippen LogP contribution in [0.25, 0.3) is 0 Å². The Kier molecular flexibility index (Phi) is 3.28. The average Bonchev–Trinajstić information content (AvgIpc) is 2.53. The first-order valence-corrected chi connectivity index (χ1v) is 6.10. The molecule has 0 atom stereocenters. The number of carbonyl (C=O) groups excluding carboxylic acids is 1. The summed E-state index contributed by atoms with van der Waals surface area (Å²) in [5.74, 6) is 0.939. The number of ether oxygens (including phenoxy) is 1. The number of hydrogen-bond donors (Lipinski definition) is 2. The number of fused-ring (bicyclic) bond motifs is 1. The number of aliphatic imine (C=N–C) groups is 1. The number of aromatic nitrogens is 1. The Morgan fingerprint density at radius 3 is 2.85 bits per heavy atom. The third kappa shape index (κ3) is 2.59. The molecule has 0 unspecified atom stereocenters. The molecule has 2 heterocycles. The first-order valence-electron chi connectivity index (χ1n) is 6.10. The van der Waals surface area contributed by atoms with E-state index in [1.54, 1.807) is 24.4 Å². The molecule has 0 aliphatic carbocycles. The van der Waals surface area contributed by atoms with E-state index in [0.717, 1.165) is 11.4 Å². The molecule has 100 valence electrons. The molecule has 0 saturated heterocycles. The van der Waals surface area contributed by atoms with Crippen molar-refractivity contribution in [1.82, 2.24) is 15.8 Å². The molecule has 2 aromatic rings.